The van der Waals surface area contributed by atoms with Crippen molar-refractivity contribution in [1.29, 1.82) is 0 Å². The zero-order chi connectivity index (χ0) is 15.8. The summed E-state index contributed by atoms with van der Waals surface area (Å²) in [5, 5.41) is 17.9. The quantitative estimate of drug-likeness (QED) is 0.273. The molecule has 118 valence electrons. The number of hydrogen-bond acceptors (Lipinski definition) is 10. The Bertz CT molecular complexity index is 426. The maximum atomic E-state index is 11.6. The smallest absolute Gasteiger partial charge is 0.294 e. The second-order valence-corrected chi connectivity index (χ2v) is 8.14. The highest BCUT2D eigenvalue weighted by atomic mass is 33.1. The minimum absolute atomic E-state index is 0.147. The molecule has 1 atom stereocenters. The van der Waals surface area contributed by atoms with Crippen LogP contribution in [-0.4, -0.2) is 68.3 Å². The summed E-state index contributed by atoms with van der Waals surface area (Å²) in [4.78, 5) is 29.9. The monoisotopic (exact) mass is 333 g/mol. The molecule has 0 amide bonds. The SMILES string of the molecule is CN(C)CCS(=O)(=O)SCC(CO[N+](=O)[O-])O[N+](=O)[O-]. The summed E-state index contributed by atoms with van der Waals surface area (Å²) in [5.41, 5.74) is 0. The topological polar surface area (TPSA) is 142 Å². The third kappa shape index (κ3) is 10.6. The first-order chi connectivity index (χ1) is 9.12. The van der Waals surface area contributed by atoms with Crippen molar-refractivity contribution in [1.82, 2.24) is 4.90 Å². The third-order valence-corrected chi connectivity index (χ3v) is 5.36. The van der Waals surface area contributed by atoms with Crippen molar-refractivity contribution in [2.24, 2.45) is 0 Å². The first-order valence-corrected chi connectivity index (χ1v) is 8.38. The molecule has 0 fully saturated rings. The Morgan fingerprint density at radius 1 is 1.25 bits per heavy atom. The van der Waals surface area contributed by atoms with Crippen molar-refractivity contribution in [3.8, 4) is 0 Å². The first kappa shape index (κ1) is 18.7. The molecule has 1 unspecified atom stereocenters. The van der Waals surface area contributed by atoms with E-state index in [1.54, 1.807) is 19.0 Å². The van der Waals surface area contributed by atoms with E-state index in [9.17, 15) is 28.6 Å². The van der Waals surface area contributed by atoms with Crippen LogP contribution in [0, 0.1) is 20.2 Å². The van der Waals surface area contributed by atoms with E-state index in [1.807, 2.05) is 0 Å². The molecule has 0 aromatic rings. The van der Waals surface area contributed by atoms with Gasteiger partial charge in [0.05, 0.1) is 5.75 Å². The van der Waals surface area contributed by atoms with E-state index in [-0.39, 0.29) is 11.5 Å². The lowest BCUT2D eigenvalue weighted by molar-refractivity contribution is -0.788. The molecule has 0 N–H and O–H groups in total. The summed E-state index contributed by atoms with van der Waals surface area (Å²) < 4.78 is 23.2. The van der Waals surface area contributed by atoms with Crippen molar-refractivity contribution in [3.63, 3.8) is 0 Å². The van der Waals surface area contributed by atoms with Crippen LogP contribution in [0.1, 0.15) is 0 Å². The maximum Gasteiger partial charge on any atom is 0.294 e. The highest BCUT2D eigenvalue weighted by Crippen LogP contribution is 2.16. The Kier molecular flexibility index (Phi) is 8.17. The van der Waals surface area contributed by atoms with Crippen LogP contribution >= 0.6 is 10.8 Å². The first-order valence-electron chi connectivity index (χ1n) is 5.22. The summed E-state index contributed by atoms with van der Waals surface area (Å²) in [5.74, 6) is -0.490. The summed E-state index contributed by atoms with van der Waals surface area (Å²) in [6.07, 6.45) is -1.34. The minimum Gasteiger partial charge on any atom is -0.312 e. The molecule has 0 aromatic carbocycles. The van der Waals surface area contributed by atoms with Crippen LogP contribution in [0.3, 0.4) is 0 Å². The Hall–Kier alpha value is -1.34. The van der Waals surface area contributed by atoms with Gasteiger partial charge in [0.25, 0.3) is 10.2 Å². The van der Waals surface area contributed by atoms with Gasteiger partial charge >= 0.3 is 0 Å². The van der Waals surface area contributed by atoms with Gasteiger partial charge in [-0.15, -0.1) is 20.2 Å². The molecule has 0 saturated carbocycles. The van der Waals surface area contributed by atoms with E-state index in [0.717, 1.165) is 0 Å². The molecule has 0 radical (unpaired) electrons. The highest BCUT2D eigenvalue weighted by molar-refractivity contribution is 8.72. The van der Waals surface area contributed by atoms with Crippen molar-refractivity contribution in [3.05, 3.63) is 20.2 Å². The van der Waals surface area contributed by atoms with Gasteiger partial charge < -0.3 is 14.6 Å². The standard InChI is InChI=1S/C7H15N3O8S2/c1-8(2)3-4-20(15,16)19-6-7(18-10(13)14)5-17-9(11)12/h7H,3-6H2,1-2H3. The van der Waals surface area contributed by atoms with Crippen molar-refractivity contribution in [2.45, 2.75) is 6.10 Å². The fraction of sp³-hybridized carbons (Fsp3) is 1.00. The van der Waals surface area contributed by atoms with Gasteiger partial charge in [-0.2, -0.15) is 0 Å². The molecule has 13 heteroatoms. The molecule has 0 aromatic heterocycles. The van der Waals surface area contributed by atoms with Gasteiger partial charge in [-0.3, -0.25) is 0 Å². The van der Waals surface area contributed by atoms with E-state index >= 15 is 0 Å². The van der Waals surface area contributed by atoms with Crippen LogP contribution in [0.4, 0.5) is 0 Å². The van der Waals surface area contributed by atoms with E-state index in [1.165, 1.54) is 0 Å². The molecule has 0 bridgehead atoms. The molecule has 20 heavy (non-hydrogen) atoms. The van der Waals surface area contributed by atoms with Crippen LogP contribution < -0.4 is 0 Å². The summed E-state index contributed by atoms with van der Waals surface area (Å²) >= 11 is 0. The van der Waals surface area contributed by atoms with E-state index < -0.39 is 31.8 Å². The minimum atomic E-state index is -3.50. The Morgan fingerprint density at radius 3 is 2.30 bits per heavy atom. The largest absolute Gasteiger partial charge is 0.312 e. The lowest BCUT2D eigenvalue weighted by atomic mass is 10.4. The molecule has 0 heterocycles. The van der Waals surface area contributed by atoms with Gasteiger partial charge in [0.15, 0.2) is 0 Å². The zero-order valence-electron chi connectivity index (χ0n) is 10.8. The van der Waals surface area contributed by atoms with Gasteiger partial charge in [0, 0.05) is 12.3 Å². The Morgan fingerprint density at radius 2 is 1.85 bits per heavy atom. The average Bonchev–Trinajstić information content (AvgIpc) is 2.30. The van der Waals surface area contributed by atoms with Crippen molar-refractivity contribution >= 4 is 19.7 Å². The summed E-state index contributed by atoms with van der Waals surface area (Å²) in [6, 6.07) is 0. The van der Waals surface area contributed by atoms with Crippen molar-refractivity contribution in [2.75, 3.05) is 38.8 Å². The average molecular weight is 333 g/mol. The fourth-order valence-corrected chi connectivity index (χ4v) is 3.78. The molecular formula is C7H15N3O8S2. The maximum absolute atomic E-state index is 11.6. The van der Waals surface area contributed by atoms with Gasteiger partial charge in [0.1, 0.15) is 12.7 Å². The normalized spacial score (nSPS) is 12.9. The molecule has 11 nitrogen and oxygen atoms in total. The van der Waals surface area contributed by atoms with E-state index in [2.05, 4.69) is 9.68 Å². The molecule has 0 aliphatic carbocycles. The molecule has 0 aliphatic rings. The second kappa shape index (κ2) is 8.76. The second-order valence-electron chi connectivity index (χ2n) is 3.82. The number of nitrogens with zero attached hydrogens (tertiary/aromatic N) is 3. The lowest BCUT2D eigenvalue weighted by Gasteiger charge is -2.14. The van der Waals surface area contributed by atoms with E-state index in [0.29, 0.717) is 17.3 Å². The Labute approximate surface area is 118 Å². The predicted octanol–water partition coefficient (Wildman–Crippen LogP) is -0.604. The van der Waals surface area contributed by atoms with E-state index in [4.69, 9.17) is 0 Å². The molecule has 0 rings (SSSR count). The molecule has 0 spiro atoms. The highest BCUT2D eigenvalue weighted by Gasteiger charge is 2.21. The van der Waals surface area contributed by atoms with Gasteiger partial charge in [0.2, 0.25) is 8.87 Å². The molecule has 0 saturated heterocycles. The zero-order valence-corrected chi connectivity index (χ0v) is 12.5. The number of rotatable bonds is 11. The van der Waals surface area contributed by atoms with Crippen LogP contribution in [0.2, 0.25) is 0 Å². The number of hydrogen-bond donors (Lipinski definition) is 0. The molecule has 0 aliphatic heterocycles. The van der Waals surface area contributed by atoms with Crippen LogP contribution in [0.5, 0.6) is 0 Å². The van der Waals surface area contributed by atoms with Crippen LogP contribution in [-0.2, 0) is 18.5 Å². The lowest BCUT2D eigenvalue weighted by Crippen LogP contribution is -2.28. The van der Waals surface area contributed by atoms with Crippen LogP contribution in [0.15, 0.2) is 0 Å². The van der Waals surface area contributed by atoms with Gasteiger partial charge in [-0.1, -0.05) is 0 Å². The van der Waals surface area contributed by atoms with Crippen LogP contribution in [0.25, 0.3) is 0 Å². The van der Waals surface area contributed by atoms with Gasteiger partial charge in [-0.05, 0) is 24.9 Å². The van der Waals surface area contributed by atoms with Gasteiger partial charge in [-0.25, -0.2) is 8.42 Å². The Balaban J connectivity index is 4.35. The summed E-state index contributed by atoms with van der Waals surface area (Å²) in [6.45, 7) is -0.425. The molecular weight excluding hydrogens is 318 g/mol. The van der Waals surface area contributed by atoms with Crippen molar-refractivity contribution < 1.29 is 28.3 Å². The summed E-state index contributed by atoms with van der Waals surface area (Å²) in [7, 11) is 0.333. The predicted molar refractivity (Wildman–Crippen MR) is 69.6 cm³/mol. The fourth-order valence-electron chi connectivity index (χ4n) is 0.908. The third-order valence-electron chi connectivity index (χ3n) is 1.82.